The number of quaternary nitrogens is 1. The normalized spacial score (nSPS) is 19.5. The van der Waals surface area contributed by atoms with Gasteiger partial charge in [0.2, 0.25) is 6.79 Å². The highest BCUT2D eigenvalue weighted by Gasteiger charge is 2.29. The van der Waals surface area contributed by atoms with Crippen LogP contribution >= 0.6 is 0 Å². The van der Waals surface area contributed by atoms with Gasteiger partial charge in [-0.15, -0.1) is 0 Å². The number of amides is 1. The van der Waals surface area contributed by atoms with Gasteiger partial charge < -0.3 is 19.7 Å². The molecular weight excluding hydrogens is 304 g/mol. The molecule has 0 radical (unpaired) electrons. The second kappa shape index (κ2) is 6.17. The molecule has 0 saturated carbocycles. The molecular formula is C19H21N2O3+. The van der Waals surface area contributed by atoms with Crippen molar-refractivity contribution < 1.29 is 19.2 Å². The maximum absolute atomic E-state index is 12.6. The zero-order valence-electron chi connectivity index (χ0n) is 13.7. The number of carbonyl (C=O) groups excluding carboxylic acids is 1. The summed E-state index contributed by atoms with van der Waals surface area (Å²) in [5.74, 6) is 1.43. The van der Waals surface area contributed by atoms with Crippen LogP contribution in [-0.2, 0) is 17.8 Å². The first-order valence-electron chi connectivity index (χ1n) is 8.32. The Morgan fingerprint density at radius 2 is 1.92 bits per heavy atom. The van der Waals surface area contributed by atoms with Crippen LogP contribution in [0, 0.1) is 0 Å². The summed E-state index contributed by atoms with van der Waals surface area (Å²) in [5.41, 5.74) is 3.50. The van der Waals surface area contributed by atoms with Gasteiger partial charge in [-0.1, -0.05) is 24.3 Å². The summed E-state index contributed by atoms with van der Waals surface area (Å²) in [7, 11) is 0. The summed E-state index contributed by atoms with van der Waals surface area (Å²) in [4.78, 5) is 13.9. The number of hydrogen-bond donors (Lipinski definition) is 2. The third-order valence-electron chi connectivity index (χ3n) is 4.90. The fraction of sp³-hybridized carbons (Fsp3) is 0.316. The van der Waals surface area contributed by atoms with Crippen molar-refractivity contribution in [1.82, 2.24) is 0 Å². The molecule has 2 aromatic rings. The van der Waals surface area contributed by atoms with Crippen molar-refractivity contribution in [3.8, 4) is 11.5 Å². The van der Waals surface area contributed by atoms with E-state index in [1.165, 1.54) is 16.0 Å². The average molecular weight is 325 g/mol. The molecule has 2 aromatic carbocycles. The molecule has 4 rings (SSSR count). The smallest absolute Gasteiger partial charge is 0.282 e. The van der Waals surface area contributed by atoms with E-state index in [2.05, 4.69) is 29.6 Å². The highest BCUT2D eigenvalue weighted by atomic mass is 16.7. The van der Waals surface area contributed by atoms with Gasteiger partial charge in [0.25, 0.3) is 5.91 Å². The van der Waals surface area contributed by atoms with Gasteiger partial charge >= 0.3 is 0 Å². The number of ether oxygens (including phenoxy) is 2. The molecule has 0 saturated heterocycles. The molecule has 124 valence electrons. The maximum atomic E-state index is 12.6. The van der Waals surface area contributed by atoms with Crippen LogP contribution in [0.25, 0.3) is 0 Å². The third kappa shape index (κ3) is 2.83. The predicted octanol–water partition coefficient (Wildman–Crippen LogP) is 1.38. The van der Waals surface area contributed by atoms with Crippen molar-refractivity contribution in [3.63, 3.8) is 0 Å². The molecule has 2 aliphatic rings. The van der Waals surface area contributed by atoms with E-state index in [1.54, 1.807) is 0 Å². The number of rotatable bonds is 3. The van der Waals surface area contributed by atoms with Crippen LogP contribution in [0.3, 0.4) is 0 Å². The van der Waals surface area contributed by atoms with Gasteiger partial charge in [0.15, 0.2) is 17.5 Å². The molecule has 0 aliphatic carbocycles. The van der Waals surface area contributed by atoms with Crippen LogP contribution < -0.4 is 19.7 Å². The molecule has 0 bridgehead atoms. The second-order valence-corrected chi connectivity index (χ2v) is 6.38. The van der Waals surface area contributed by atoms with E-state index in [0.717, 1.165) is 30.9 Å². The molecule has 5 nitrogen and oxygen atoms in total. The lowest BCUT2D eigenvalue weighted by Crippen LogP contribution is -3.16. The van der Waals surface area contributed by atoms with E-state index >= 15 is 0 Å². The highest BCUT2D eigenvalue weighted by Crippen LogP contribution is 2.34. The van der Waals surface area contributed by atoms with Gasteiger partial charge in [0, 0.05) is 23.7 Å². The van der Waals surface area contributed by atoms with Gasteiger partial charge in [0.1, 0.15) is 6.54 Å². The summed E-state index contributed by atoms with van der Waals surface area (Å²) < 4.78 is 10.7. The van der Waals surface area contributed by atoms with Crippen molar-refractivity contribution in [2.75, 3.05) is 18.7 Å². The van der Waals surface area contributed by atoms with E-state index in [1.807, 2.05) is 25.1 Å². The molecule has 2 aliphatic heterocycles. The van der Waals surface area contributed by atoms with Crippen molar-refractivity contribution in [2.45, 2.75) is 25.9 Å². The molecule has 1 amide bonds. The Morgan fingerprint density at radius 1 is 1.12 bits per heavy atom. The Kier molecular flexibility index (Phi) is 3.86. The maximum Gasteiger partial charge on any atom is 0.282 e. The van der Waals surface area contributed by atoms with E-state index in [-0.39, 0.29) is 18.7 Å². The van der Waals surface area contributed by atoms with Crippen LogP contribution in [0.1, 0.15) is 18.1 Å². The monoisotopic (exact) mass is 325 g/mol. The van der Waals surface area contributed by atoms with Gasteiger partial charge in [-0.05, 0) is 24.6 Å². The minimum absolute atomic E-state index is 0.0308. The standard InChI is InChI=1S/C19H20N2O3/c1-13(21-9-8-14-4-2-3-5-15(14)11-21)19(22)20-16-6-7-17-18(10-16)24-12-23-17/h2-7,10,13H,8-9,11-12H2,1H3,(H,20,22)/p+1/t13-/m1/s1. The van der Waals surface area contributed by atoms with Gasteiger partial charge in [-0.3, -0.25) is 4.79 Å². The fourth-order valence-corrected chi connectivity index (χ4v) is 3.38. The lowest BCUT2D eigenvalue weighted by Gasteiger charge is -2.30. The van der Waals surface area contributed by atoms with Crippen LogP contribution in [0.5, 0.6) is 11.5 Å². The van der Waals surface area contributed by atoms with Gasteiger partial charge in [0.05, 0.1) is 6.54 Å². The Morgan fingerprint density at radius 3 is 2.79 bits per heavy atom. The van der Waals surface area contributed by atoms with E-state index < -0.39 is 0 Å². The first kappa shape index (κ1) is 15.0. The number of carbonyl (C=O) groups is 1. The second-order valence-electron chi connectivity index (χ2n) is 6.38. The van der Waals surface area contributed by atoms with Crippen molar-refractivity contribution >= 4 is 11.6 Å². The Balaban J connectivity index is 1.43. The van der Waals surface area contributed by atoms with Crippen molar-refractivity contribution in [1.29, 1.82) is 0 Å². The first-order valence-corrected chi connectivity index (χ1v) is 8.32. The van der Waals surface area contributed by atoms with E-state index in [9.17, 15) is 4.79 Å². The zero-order valence-corrected chi connectivity index (χ0v) is 13.7. The summed E-state index contributed by atoms with van der Waals surface area (Å²) in [6, 6.07) is 13.9. The Hall–Kier alpha value is -2.53. The minimum atomic E-state index is -0.108. The van der Waals surface area contributed by atoms with Gasteiger partial charge in [-0.25, -0.2) is 0 Å². The van der Waals surface area contributed by atoms with E-state index in [4.69, 9.17) is 9.47 Å². The number of hydrogen-bond acceptors (Lipinski definition) is 3. The van der Waals surface area contributed by atoms with Crippen LogP contribution in [0.15, 0.2) is 42.5 Å². The molecule has 0 aromatic heterocycles. The molecule has 0 spiro atoms. The van der Waals surface area contributed by atoms with Crippen molar-refractivity contribution in [3.05, 3.63) is 53.6 Å². The number of anilines is 1. The largest absolute Gasteiger partial charge is 0.454 e. The molecule has 2 atom stereocenters. The predicted molar refractivity (Wildman–Crippen MR) is 90.3 cm³/mol. The van der Waals surface area contributed by atoms with Crippen molar-refractivity contribution in [2.24, 2.45) is 0 Å². The molecule has 2 heterocycles. The lowest BCUT2D eigenvalue weighted by molar-refractivity contribution is -0.929. The summed E-state index contributed by atoms with van der Waals surface area (Å²) in [6.07, 6.45) is 1.02. The highest BCUT2D eigenvalue weighted by molar-refractivity contribution is 5.94. The van der Waals surface area contributed by atoms with Crippen LogP contribution in [-0.4, -0.2) is 25.3 Å². The van der Waals surface area contributed by atoms with Crippen LogP contribution in [0.4, 0.5) is 5.69 Å². The summed E-state index contributed by atoms with van der Waals surface area (Å²) in [5, 5.41) is 3.00. The zero-order chi connectivity index (χ0) is 16.5. The van der Waals surface area contributed by atoms with Gasteiger partial charge in [-0.2, -0.15) is 0 Å². The Bertz CT molecular complexity index is 775. The summed E-state index contributed by atoms with van der Waals surface area (Å²) >= 11 is 0. The number of benzene rings is 2. The molecule has 2 N–H and O–H groups in total. The lowest BCUT2D eigenvalue weighted by atomic mass is 9.99. The van der Waals surface area contributed by atoms with E-state index in [0.29, 0.717) is 5.75 Å². The first-order chi connectivity index (χ1) is 11.7. The number of fused-ring (bicyclic) bond motifs is 2. The minimum Gasteiger partial charge on any atom is -0.454 e. The fourth-order valence-electron chi connectivity index (χ4n) is 3.38. The SMILES string of the molecule is C[C@H](C(=O)Nc1ccc2c(c1)OCO2)[NH+]1CCc2ccccc2C1. The molecule has 5 heteroatoms. The molecule has 1 unspecified atom stereocenters. The average Bonchev–Trinajstić information content (AvgIpc) is 3.08. The topological polar surface area (TPSA) is 52.0 Å². The van der Waals surface area contributed by atoms with Crippen LogP contribution in [0.2, 0.25) is 0 Å². The third-order valence-corrected chi connectivity index (χ3v) is 4.90. The Labute approximate surface area is 141 Å². The molecule has 24 heavy (non-hydrogen) atoms. The molecule has 0 fully saturated rings. The summed E-state index contributed by atoms with van der Waals surface area (Å²) in [6.45, 7) is 4.10. The quantitative estimate of drug-likeness (QED) is 0.896. The number of nitrogens with one attached hydrogen (secondary N) is 2.